The first-order chi connectivity index (χ1) is 11.7. The summed E-state index contributed by atoms with van der Waals surface area (Å²) in [5.74, 6) is 0.680. The van der Waals surface area contributed by atoms with Crippen LogP contribution in [0.1, 0.15) is 40.0 Å². The Morgan fingerprint density at radius 3 is 2.36 bits per heavy atom. The molecule has 0 unspecified atom stereocenters. The van der Waals surface area contributed by atoms with E-state index in [1.54, 1.807) is 29.2 Å². The first-order valence-corrected chi connectivity index (χ1v) is 9.06. The van der Waals surface area contributed by atoms with Crippen LogP contribution in [0.4, 0.5) is 0 Å². The first kappa shape index (κ1) is 19.6. The summed E-state index contributed by atoms with van der Waals surface area (Å²) in [4.78, 5) is 26.0. The number of hydrogen-bond acceptors (Lipinski definition) is 3. The third-order valence-electron chi connectivity index (χ3n) is 4.08. The van der Waals surface area contributed by atoms with Gasteiger partial charge in [-0.15, -0.1) is 0 Å². The zero-order valence-corrected chi connectivity index (χ0v) is 15.9. The zero-order valence-electron chi connectivity index (χ0n) is 15.2. The van der Waals surface area contributed by atoms with Crippen LogP contribution in [-0.4, -0.2) is 42.5 Å². The Balaban J connectivity index is 1.71. The maximum absolute atomic E-state index is 12.2. The minimum atomic E-state index is -0.0329. The van der Waals surface area contributed by atoms with E-state index in [-0.39, 0.29) is 29.9 Å². The Kier molecular flexibility index (Phi) is 6.71. The van der Waals surface area contributed by atoms with E-state index in [2.05, 4.69) is 26.1 Å². The summed E-state index contributed by atoms with van der Waals surface area (Å²) in [6, 6.07) is 7.09. The van der Waals surface area contributed by atoms with E-state index >= 15 is 0 Å². The molecule has 138 valence electrons. The first-order valence-electron chi connectivity index (χ1n) is 8.68. The highest BCUT2D eigenvalue weighted by Crippen LogP contribution is 2.19. The van der Waals surface area contributed by atoms with Gasteiger partial charge in [-0.05, 0) is 42.5 Å². The van der Waals surface area contributed by atoms with Gasteiger partial charge in [0.15, 0.2) is 6.61 Å². The SMILES string of the molecule is CC(C)(C)CC(=O)NC1CCN(C(=O)COc2ccc(Cl)cc2)CC1. The van der Waals surface area contributed by atoms with Gasteiger partial charge in [0.1, 0.15) is 5.75 Å². The minimum Gasteiger partial charge on any atom is -0.484 e. The molecule has 1 saturated heterocycles. The lowest BCUT2D eigenvalue weighted by Crippen LogP contribution is -2.48. The molecule has 1 aromatic rings. The van der Waals surface area contributed by atoms with Crippen LogP contribution in [0.2, 0.25) is 5.02 Å². The molecule has 25 heavy (non-hydrogen) atoms. The van der Waals surface area contributed by atoms with Crippen molar-refractivity contribution in [3.05, 3.63) is 29.3 Å². The van der Waals surface area contributed by atoms with Crippen LogP contribution < -0.4 is 10.1 Å². The molecule has 1 aromatic carbocycles. The lowest BCUT2D eigenvalue weighted by molar-refractivity contribution is -0.134. The van der Waals surface area contributed by atoms with Crippen molar-refractivity contribution in [3.8, 4) is 5.75 Å². The van der Waals surface area contributed by atoms with Crippen molar-refractivity contribution in [2.45, 2.75) is 46.1 Å². The molecule has 5 nitrogen and oxygen atoms in total. The van der Waals surface area contributed by atoms with Crippen LogP contribution in [0.15, 0.2) is 24.3 Å². The highest BCUT2D eigenvalue weighted by Gasteiger charge is 2.25. The molecule has 2 rings (SSSR count). The Morgan fingerprint density at radius 2 is 1.80 bits per heavy atom. The van der Waals surface area contributed by atoms with Crippen LogP contribution in [0.5, 0.6) is 5.75 Å². The number of nitrogens with one attached hydrogen (secondary N) is 1. The largest absolute Gasteiger partial charge is 0.484 e. The van der Waals surface area contributed by atoms with Crippen molar-refractivity contribution in [1.29, 1.82) is 0 Å². The van der Waals surface area contributed by atoms with Crippen LogP contribution >= 0.6 is 11.6 Å². The van der Waals surface area contributed by atoms with Crippen LogP contribution in [0.3, 0.4) is 0 Å². The van der Waals surface area contributed by atoms with E-state index in [0.717, 1.165) is 12.8 Å². The maximum atomic E-state index is 12.2. The van der Waals surface area contributed by atoms with Gasteiger partial charge in [-0.3, -0.25) is 9.59 Å². The summed E-state index contributed by atoms with van der Waals surface area (Å²) in [6.45, 7) is 7.45. The zero-order chi connectivity index (χ0) is 18.4. The molecule has 0 aliphatic carbocycles. The molecule has 0 radical (unpaired) electrons. The van der Waals surface area contributed by atoms with Gasteiger partial charge in [0.2, 0.25) is 5.91 Å². The third kappa shape index (κ3) is 6.94. The molecule has 1 aliphatic rings. The lowest BCUT2D eigenvalue weighted by atomic mass is 9.91. The number of halogens is 1. The lowest BCUT2D eigenvalue weighted by Gasteiger charge is -2.33. The fourth-order valence-corrected chi connectivity index (χ4v) is 2.93. The smallest absolute Gasteiger partial charge is 0.260 e. The second-order valence-electron chi connectivity index (χ2n) is 7.70. The fraction of sp³-hybridized carbons (Fsp3) is 0.579. The van der Waals surface area contributed by atoms with Crippen LogP contribution in [0.25, 0.3) is 0 Å². The van der Waals surface area contributed by atoms with E-state index < -0.39 is 0 Å². The summed E-state index contributed by atoms with van der Waals surface area (Å²) < 4.78 is 5.50. The molecular formula is C19H27ClN2O3. The molecule has 1 heterocycles. The average molecular weight is 367 g/mol. The highest BCUT2D eigenvalue weighted by atomic mass is 35.5. The highest BCUT2D eigenvalue weighted by molar-refractivity contribution is 6.30. The van der Waals surface area contributed by atoms with E-state index in [1.165, 1.54) is 0 Å². The number of carbonyl (C=O) groups is 2. The van der Waals surface area contributed by atoms with Crippen molar-refractivity contribution >= 4 is 23.4 Å². The van der Waals surface area contributed by atoms with Gasteiger partial charge >= 0.3 is 0 Å². The van der Waals surface area contributed by atoms with Crippen molar-refractivity contribution < 1.29 is 14.3 Å². The molecule has 1 aliphatic heterocycles. The summed E-state index contributed by atoms with van der Waals surface area (Å²) in [6.07, 6.45) is 2.08. The number of nitrogens with zero attached hydrogens (tertiary/aromatic N) is 1. The Labute approximate surface area is 154 Å². The summed E-state index contributed by atoms with van der Waals surface area (Å²) in [5.41, 5.74) is -0.0141. The van der Waals surface area contributed by atoms with Gasteiger partial charge in [-0.2, -0.15) is 0 Å². The normalized spacial score (nSPS) is 15.8. The second kappa shape index (κ2) is 8.56. The molecule has 2 amide bonds. The number of carbonyl (C=O) groups excluding carboxylic acids is 2. The fourth-order valence-electron chi connectivity index (χ4n) is 2.80. The Bertz CT molecular complexity index is 588. The van der Waals surface area contributed by atoms with Crippen molar-refractivity contribution in [2.75, 3.05) is 19.7 Å². The molecule has 0 spiro atoms. The molecule has 1 N–H and O–H groups in total. The number of rotatable bonds is 5. The minimum absolute atomic E-state index is 0.0141. The maximum Gasteiger partial charge on any atom is 0.260 e. The summed E-state index contributed by atoms with van der Waals surface area (Å²) >= 11 is 5.82. The van der Waals surface area contributed by atoms with Gasteiger partial charge in [0.05, 0.1) is 0 Å². The Morgan fingerprint density at radius 1 is 1.20 bits per heavy atom. The van der Waals surface area contributed by atoms with Crippen LogP contribution in [0, 0.1) is 5.41 Å². The quantitative estimate of drug-likeness (QED) is 0.870. The number of benzene rings is 1. The van der Waals surface area contributed by atoms with Crippen molar-refractivity contribution in [2.24, 2.45) is 5.41 Å². The number of hydrogen-bond donors (Lipinski definition) is 1. The van der Waals surface area contributed by atoms with Gasteiger partial charge in [0.25, 0.3) is 5.91 Å². The number of ether oxygens (including phenoxy) is 1. The predicted molar refractivity (Wildman–Crippen MR) is 98.8 cm³/mol. The second-order valence-corrected chi connectivity index (χ2v) is 8.14. The number of likely N-dealkylation sites (tertiary alicyclic amines) is 1. The topological polar surface area (TPSA) is 58.6 Å². The standard InChI is InChI=1S/C19H27ClN2O3/c1-19(2,3)12-17(23)21-15-8-10-22(11-9-15)18(24)13-25-16-6-4-14(20)5-7-16/h4-7,15H,8-13H2,1-3H3,(H,21,23). The number of amides is 2. The van der Waals surface area contributed by atoms with Crippen molar-refractivity contribution in [3.63, 3.8) is 0 Å². The van der Waals surface area contributed by atoms with E-state index in [0.29, 0.717) is 30.3 Å². The number of piperidine rings is 1. The van der Waals surface area contributed by atoms with Crippen molar-refractivity contribution in [1.82, 2.24) is 10.2 Å². The van der Waals surface area contributed by atoms with Gasteiger partial charge in [-0.1, -0.05) is 32.4 Å². The average Bonchev–Trinajstić information content (AvgIpc) is 2.53. The predicted octanol–water partition coefficient (Wildman–Crippen LogP) is 3.26. The molecule has 0 atom stereocenters. The summed E-state index contributed by atoms with van der Waals surface area (Å²) in [5, 5.41) is 3.71. The molecule has 1 fully saturated rings. The van der Waals surface area contributed by atoms with Gasteiger partial charge in [-0.25, -0.2) is 0 Å². The monoisotopic (exact) mass is 366 g/mol. The Hall–Kier alpha value is -1.75. The molecule has 6 heteroatoms. The third-order valence-corrected chi connectivity index (χ3v) is 4.33. The molecule has 0 bridgehead atoms. The van der Waals surface area contributed by atoms with E-state index in [1.807, 2.05) is 0 Å². The molecule has 0 saturated carbocycles. The molecular weight excluding hydrogens is 340 g/mol. The van der Waals surface area contributed by atoms with E-state index in [9.17, 15) is 9.59 Å². The molecule has 0 aromatic heterocycles. The summed E-state index contributed by atoms with van der Waals surface area (Å²) in [7, 11) is 0. The van der Waals surface area contributed by atoms with Gasteiger partial charge in [0, 0.05) is 30.6 Å². The van der Waals surface area contributed by atoms with Crippen LogP contribution in [-0.2, 0) is 9.59 Å². The van der Waals surface area contributed by atoms with Gasteiger partial charge < -0.3 is 15.0 Å². The van der Waals surface area contributed by atoms with E-state index in [4.69, 9.17) is 16.3 Å².